The molecule has 27 heavy (non-hydrogen) atoms. The van der Waals surface area contributed by atoms with Gasteiger partial charge in [-0.3, -0.25) is 4.79 Å². The lowest BCUT2D eigenvalue weighted by molar-refractivity contribution is -0.132. The van der Waals surface area contributed by atoms with Gasteiger partial charge < -0.3 is 14.7 Å². The van der Waals surface area contributed by atoms with Gasteiger partial charge in [0.2, 0.25) is 0 Å². The first kappa shape index (κ1) is 18.0. The topological polar surface area (TPSA) is 80.5 Å². The molecule has 1 amide bonds. The van der Waals surface area contributed by atoms with Crippen LogP contribution in [0.2, 0.25) is 0 Å². The number of ether oxygens (including phenoxy) is 1. The van der Waals surface area contributed by atoms with Crippen LogP contribution < -0.4 is 4.74 Å². The van der Waals surface area contributed by atoms with E-state index in [2.05, 4.69) is 10.1 Å². The van der Waals surface area contributed by atoms with Gasteiger partial charge in [-0.2, -0.15) is 5.10 Å². The van der Waals surface area contributed by atoms with Crippen molar-refractivity contribution < 1.29 is 14.6 Å². The molecule has 0 unspecified atom stereocenters. The Kier molecular flexibility index (Phi) is 4.86. The molecular formula is C20H26N4O3. The molecular weight excluding hydrogens is 344 g/mol. The van der Waals surface area contributed by atoms with Crippen LogP contribution in [0.15, 0.2) is 30.9 Å². The molecule has 1 saturated carbocycles. The van der Waals surface area contributed by atoms with Gasteiger partial charge in [0.15, 0.2) is 6.61 Å². The van der Waals surface area contributed by atoms with E-state index < -0.39 is 6.10 Å². The van der Waals surface area contributed by atoms with Crippen molar-refractivity contribution in [2.24, 2.45) is 11.8 Å². The summed E-state index contributed by atoms with van der Waals surface area (Å²) in [5.74, 6) is 1.50. The number of nitrogens with zero attached hydrogens (tertiary/aromatic N) is 4. The highest BCUT2D eigenvalue weighted by atomic mass is 16.5. The number of hydrogen-bond donors (Lipinski definition) is 1. The maximum Gasteiger partial charge on any atom is 0.260 e. The fourth-order valence-electron chi connectivity index (χ4n) is 4.40. The van der Waals surface area contributed by atoms with Crippen LogP contribution in [-0.2, 0) is 4.79 Å². The molecule has 144 valence electrons. The summed E-state index contributed by atoms with van der Waals surface area (Å²) in [6.45, 7) is 5.51. The third kappa shape index (κ3) is 3.56. The van der Waals surface area contributed by atoms with Crippen molar-refractivity contribution in [1.82, 2.24) is 19.7 Å². The highest BCUT2D eigenvalue weighted by Gasteiger charge is 2.43. The summed E-state index contributed by atoms with van der Waals surface area (Å²) >= 11 is 0. The van der Waals surface area contributed by atoms with Crippen LogP contribution in [0, 0.1) is 25.7 Å². The minimum absolute atomic E-state index is 0.0112. The van der Waals surface area contributed by atoms with Gasteiger partial charge >= 0.3 is 0 Å². The molecule has 1 N–H and O–H groups in total. The van der Waals surface area contributed by atoms with Gasteiger partial charge in [0, 0.05) is 13.1 Å². The van der Waals surface area contributed by atoms with Crippen molar-refractivity contribution in [3.63, 3.8) is 0 Å². The summed E-state index contributed by atoms with van der Waals surface area (Å²) in [5, 5.41) is 14.7. The first-order valence-corrected chi connectivity index (χ1v) is 9.52. The molecule has 7 nitrogen and oxygen atoms in total. The monoisotopic (exact) mass is 370 g/mol. The second kappa shape index (κ2) is 7.31. The van der Waals surface area contributed by atoms with Gasteiger partial charge in [-0.1, -0.05) is 12.1 Å². The molecule has 1 saturated heterocycles. The average molecular weight is 370 g/mol. The fraction of sp³-hybridized carbons (Fsp3) is 0.550. The number of aryl methyl sites for hydroxylation is 1. The van der Waals surface area contributed by atoms with Crippen molar-refractivity contribution in [3.8, 4) is 5.75 Å². The molecule has 4 atom stereocenters. The van der Waals surface area contributed by atoms with Crippen molar-refractivity contribution in [2.75, 3.05) is 19.7 Å². The maximum atomic E-state index is 12.7. The van der Waals surface area contributed by atoms with Crippen LogP contribution in [0.5, 0.6) is 5.75 Å². The smallest absolute Gasteiger partial charge is 0.260 e. The number of aromatic nitrogens is 3. The van der Waals surface area contributed by atoms with E-state index in [-0.39, 0.29) is 18.6 Å². The van der Waals surface area contributed by atoms with E-state index in [1.807, 2.05) is 36.9 Å². The first-order valence-electron chi connectivity index (χ1n) is 9.52. The summed E-state index contributed by atoms with van der Waals surface area (Å²) in [5.41, 5.74) is 2.22. The molecule has 1 aliphatic carbocycles. The Morgan fingerprint density at radius 1 is 1.26 bits per heavy atom. The molecule has 4 rings (SSSR count). The highest BCUT2D eigenvalue weighted by molar-refractivity contribution is 5.78. The number of carbonyl (C=O) groups excluding carboxylic acids is 1. The Morgan fingerprint density at radius 2 is 2.04 bits per heavy atom. The van der Waals surface area contributed by atoms with Crippen LogP contribution in [0.25, 0.3) is 0 Å². The van der Waals surface area contributed by atoms with E-state index >= 15 is 0 Å². The number of amides is 1. The Hall–Kier alpha value is -2.41. The van der Waals surface area contributed by atoms with Crippen molar-refractivity contribution in [1.29, 1.82) is 0 Å². The van der Waals surface area contributed by atoms with Crippen molar-refractivity contribution in [2.45, 2.75) is 38.8 Å². The molecule has 2 aromatic rings. The minimum Gasteiger partial charge on any atom is -0.483 e. The molecule has 1 aromatic carbocycles. The lowest BCUT2D eigenvalue weighted by Gasteiger charge is -2.34. The Balaban J connectivity index is 1.36. The predicted octanol–water partition coefficient (Wildman–Crippen LogP) is 1.74. The van der Waals surface area contributed by atoms with Gasteiger partial charge in [0.05, 0.1) is 12.1 Å². The quantitative estimate of drug-likeness (QED) is 0.887. The maximum absolute atomic E-state index is 12.7. The van der Waals surface area contributed by atoms with Crippen LogP contribution >= 0.6 is 0 Å². The normalized spacial score (nSPS) is 27.4. The van der Waals surface area contributed by atoms with E-state index in [4.69, 9.17) is 4.74 Å². The van der Waals surface area contributed by atoms with Crippen molar-refractivity contribution >= 4 is 5.91 Å². The molecule has 2 heterocycles. The van der Waals surface area contributed by atoms with Gasteiger partial charge in [-0.25, -0.2) is 9.67 Å². The predicted molar refractivity (Wildman–Crippen MR) is 99.3 cm³/mol. The Bertz CT molecular complexity index is 808. The molecule has 1 aliphatic heterocycles. The second-order valence-corrected chi connectivity index (χ2v) is 7.79. The molecule has 2 fully saturated rings. The van der Waals surface area contributed by atoms with Gasteiger partial charge in [0.25, 0.3) is 5.91 Å². The number of fused-ring (bicyclic) bond motifs is 1. The zero-order valence-corrected chi connectivity index (χ0v) is 15.8. The summed E-state index contributed by atoms with van der Waals surface area (Å²) in [6, 6.07) is 5.82. The van der Waals surface area contributed by atoms with Gasteiger partial charge in [0.1, 0.15) is 18.4 Å². The van der Waals surface area contributed by atoms with E-state index in [9.17, 15) is 9.90 Å². The Labute approximate surface area is 159 Å². The number of rotatable bonds is 4. The zero-order chi connectivity index (χ0) is 19.0. The summed E-state index contributed by atoms with van der Waals surface area (Å²) in [7, 11) is 0. The number of likely N-dealkylation sites (tertiary alicyclic amines) is 1. The van der Waals surface area contributed by atoms with Crippen LogP contribution in [0.4, 0.5) is 0 Å². The number of aliphatic hydroxyl groups excluding tert-OH is 1. The van der Waals surface area contributed by atoms with Crippen LogP contribution in [-0.4, -0.2) is 56.5 Å². The van der Waals surface area contributed by atoms with E-state index in [1.165, 1.54) is 6.33 Å². The molecule has 0 radical (unpaired) electrons. The van der Waals surface area contributed by atoms with Gasteiger partial charge in [-0.05, 0) is 55.7 Å². The van der Waals surface area contributed by atoms with Gasteiger partial charge in [-0.15, -0.1) is 0 Å². The molecule has 0 bridgehead atoms. The highest BCUT2D eigenvalue weighted by Crippen LogP contribution is 2.41. The molecule has 1 aromatic heterocycles. The minimum atomic E-state index is -0.450. The SMILES string of the molecule is Cc1cccc(OCC(=O)N2C[C@H]3C[C@@H](n4cncn4)[C@H](O)C[C@H]3C2)c1C. The van der Waals surface area contributed by atoms with E-state index in [1.54, 1.807) is 11.0 Å². The summed E-state index contributed by atoms with van der Waals surface area (Å²) < 4.78 is 7.53. The van der Waals surface area contributed by atoms with E-state index in [0.717, 1.165) is 29.8 Å². The third-order valence-electron chi connectivity index (χ3n) is 6.14. The lowest BCUT2D eigenvalue weighted by Crippen LogP contribution is -2.36. The average Bonchev–Trinajstić information content (AvgIpc) is 3.31. The standard InChI is InChI=1S/C20H26N4O3/c1-13-4-3-5-19(14(13)2)27-10-20(26)23-8-15-6-17(24-12-21-11-22-24)18(25)7-16(15)9-23/h3-5,11-12,15-18,25H,6-10H2,1-2H3/t15-,16+,17-,18-/m1/s1. The van der Waals surface area contributed by atoms with Crippen LogP contribution in [0.3, 0.4) is 0 Å². The summed E-state index contributed by atoms with van der Waals surface area (Å²) in [4.78, 5) is 18.5. The molecule has 0 spiro atoms. The number of benzene rings is 1. The second-order valence-electron chi connectivity index (χ2n) is 7.79. The largest absolute Gasteiger partial charge is 0.483 e. The number of hydrogen-bond acceptors (Lipinski definition) is 5. The fourth-order valence-corrected chi connectivity index (χ4v) is 4.40. The first-order chi connectivity index (χ1) is 13.0. The number of carbonyl (C=O) groups is 1. The Morgan fingerprint density at radius 3 is 2.78 bits per heavy atom. The lowest BCUT2D eigenvalue weighted by atomic mass is 9.77. The molecule has 2 aliphatic rings. The summed E-state index contributed by atoms with van der Waals surface area (Å²) in [6.07, 6.45) is 4.21. The van der Waals surface area contributed by atoms with Crippen molar-refractivity contribution in [3.05, 3.63) is 42.0 Å². The molecule has 7 heteroatoms. The zero-order valence-electron chi connectivity index (χ0n) is 15.8. The van der Waals surface area contributed by atoms with Crippen LogP contribution in [0.1, 0.15) is 30.0 Å². The van der Waals surface area contributed by atoms with E-state index in [0.29, 0.717) is 24.8 Å². The third-order valence-corrected chi connectivity index (χ3v) is 6.14. The number of aliphatic hydroxyl groups is 1.